The van der Waals surface area contributed by atoms with Crippen LogP contribution in [0.2, 0.25) is 0 Å². The number of ether oxygens (including phenoxy) is 1. The molecule has 0 aromatic heterocycles. The Labute approximate surface area is 142 Å². The van der Waals surface area contributed by atoms with Crippen LogP contribution in [0.15, 0.2) is 51.8 Å². The molecule has 1 unspecified atom stereocenters. The molecule has 1 aromatic rings. The maximum Gasteiger partial charge on any atom is 0.416 e. The van der Waals surface area contributed by atoms with Gasteiger partial charge in [-0.3, -0.25) is 4.79 Å². The largest absolute Gasteiger partial charge is 0.481 e. The number of nitrogens with zero attached hydrogens (tertiary/aromatic N) is 1. The van der Waals surface area contributed by atoms with Gasteiger partial charge in [0.2, 0.25) is 11.8 Å². The van der Waals surface area contributed by atoms with Crippen LogP contribution in [0, 0.1) is 0 Å². The number of benzene rings is 1. The highest BCUT2D eigenvalue weighted by Crippen LogP contribution is 2.45. The standard InChI is InChI=1S/C17H16F3N3O2/c1-8-12(15(21)24)13(14-11(23-8)7-22-16(14)25-2)9-5-3-4-6-10(9)17(18,19)20/h3-6,13,23H,7H2,1-2H3,(H2,21,24). The van der Waals surface area contributed by atoms with Crippen LogP contribution in [0.5, 0.6) is 0 Å². The van der Waals surface area contributed by atoms with Crippen molar-refractivity contribution in [2.45, 2.75) is 19.0 Å². The van der Waals surface area contributed by atoms with Crippen LogP contribution in [0.25, 0.3) is 0 Å². The van der Waals surface area contributed by atoms with Crippen molar-refractivity contribution in [1.29, 1.82) is 0 Å². The number of alkyl halides is 3. The van der Waals surface area contributed by atoms with Crippen molar-refractivity contribution < 1.29 is 22.7 Å². The molecule has 25 heavy (non-hydrogen) atoms. The fourth-order valence-electron chi connectivity index (χ4n) is 3.33. The summed E-state index contributed by atoms with van der Waals surface area (Å²) in [6, 6.07) is 5.15. The summed E-state index contributed by atoms with van der Waals surface area (Å²) in [5.74, 6) is -1.58. The van der Waals surface area contributed by atoms with E-state index in [0.29, 0.717) is 17.0 Å². The zero-order valence-corrected chi connectivity index (χ0v) is 13.6. The molecule has 1 amide bonds. The van der Waals surface area contributed by atoms with E-state index in [1.54, 1.807) is 6.92 Å². The number of allylic oxidation sites excluding steroid dienone is 1. The summed E-state index contributed by atoms with van der Waals surface area (Å²) in [6.07, 6.45) is -4.57. The second-order valence-electron chi connectivity index (χ2n) is 5.76. The van der Waals surface area contributed by atoms with Crippen LogP contribution in [0.1, 0.15) is 24.0 Å². The summed E-state index contributed by atoms with van der Waals surface area (Å²) in [4.78, 5) is 16.2. The van der Waals surface area contributed by atoms with Crippen molar-refractivity contribution in [3.8, 4) is 0 Å². The fourth-order valence-corrected chi connectivity index (χ4v) is 3.33. The van der Waals surface area contributed by atoms with Crippen LogP contribution in [0.3, 0.4) is 0 Å². The number of nitrogens with two attached hydrogens (primary N) is 1. The summed E-state index contributed by atoms with van der Waals surface area (Å²) in [5.41, 5.74) is 6.14. The van der Waals surface area contributed by atoms with E-state index in [1.807, 2.05) is 0 Å². The SMILES string of the molecule is COC1=NCC2=C1C(c1ccccc1C(F)(F)F)C(C(N)=O)=C(C)N2. The van der Waals surface area contributed by atoms with E-state index < -0.39 is 23.6 Å². The van der Waals surface area contributed by atoms with E-state index in [0.717, 1.165) is 6.07 Å². The predicted octanol–water partition coefficient (Wildman–Crippen LogP) is 2.46. The number of primary amides is 1. The van der Waals surface area contributed by atoms with Gasteiger partial charge in [0.25, 0.3) is 0 Å². The Balaban J connectivity index is 2.28. The quantitative estimate of drug-likeness (QED) is 0.859. The maximum absolute atomic E-state index is 13.5. The van der Waals surface area contributed by atoms with Gasteiger partial charge in [0, 0.05) is 28.5 Å². The molecule has 5 nitrogen and oxygen atoms in total. The molecule has 132 valence electrons. The molecule has 2 aliphatic heterocycles. The van der Waals surface area contributed by atoms with Gasteiger partial charge in [0.05, 0.1) is 19.2 Å². The molecule has 0 spiro atoms. The predicted molar refractivity (Wildman–Crippen MR) is 85.6 cm³/mol. The average Bonchev–Trinajstić information content (AvgIpc) is 2.94. The zero-order chi connectivity index (χ0) is 18.4. The van der Waals surface area contributed by atoms with E-state index >= 15 is 0 Å². The van der Waals surface area contributed by atoms with E-state index in [9.17, 15) is 18.0 Å². The summed E-state index contributed by atoms with van der Waals surface area (Å²) in [7, 11) is 1.39. The lowest BCUT2D eigenvalue weighted by Gasteiger charge is -2.30. The molecule has 1 atom stereocenters. The highest BCUT2D eigenvalue weighted by atomic mass is 19.4. The lowest BCUT2D eigenvalue weighted by molar-refractivity contribution is -0.138. The minimum absolute atomic E-state index is 0.0520. The molecule has 3 N–H and O–H groups in total. The molecule has 0 bridgehead atoms. The first-order valence-corrected chi connectivity index (χ1v) is 7.51. The van der Waals surface area contributed by atoms with Crippen LogP contribution in [0.4, 0.5) is 13.2 Å². The first-order valence-electron chi connectivity index (χ1n) is 7.51. The lowest BCUT2D eigenvalue weighted by Crippen LogP contribution is -2.34. The maximum atomic E-state index is 13.5. The number of hydrogen-bond acceptors (Lipinski definition) is 4. The summed E-state index contributed by atoms with van der Waals surface area (Å²) in [5, 5.41) is 3.01. The molecule has 0 saturated heterocycles. The Bertz CT molecular complexity index is 838. The summed E-state index contributed by atoms with van der Waals surface area (Å²) < 4.78 is 45.8. The number of nitrogens with one attached hydrogen (secondary N) is 1. The number of aliphatic imine (C=N–C) groups is 1. The molecule has 8 heteroatoms. The Morgan fingerprint density at radius 3 is 2.64 bits per heavy atom. The van der Waals surface area contributed by atoms with E-state index in [-0.39, 0.29) is 23.6 Å². The van der Waals surface area contributed by atoms with Gasteiger partial charge >= 0.3 is 6.18 Å². The van der Waals surface area contributed by atoms with Crippen LogP contribution in [-0.2, 0) is 15.7 Å². The van der Waals surface area contributed by atoms with Crippen molar-refractivity contribution in [2.75, 3.05) is 13.7 Å². The lowest BCUT2D eigenvalue weighted by atomic mass is 9.78. The van der Waals surface area contributed by atoms with Gasteiger partial charge in [0.1, 0.15) is 0 Å². The number of methoxy groups -OCH3 is 1. The Kier molecular flexibility index (Phi) is 4.06. The van der Waals surface area contributed by atoms with E-state index in [4.69, 9.17) is 10.5 Å². The topological polar surface area (TPSA) is 76.7 Å². The molecule has 0 aliphatic carbocycles. The number of amides is 1. The van der Waals surface area contributed by atoms with Crippen molar-refractivity contribution >= 4 is 11.8 Å². The summed E-state index contributed by atoms with van der Waals surface area (Å²) >= 11 is 0. The molecular formula is C17H16F3N3O2. The average molecular weight is 351 g/mol. The third-order valence-electron chi connectivity index (χ3n) is 4.29. The third-order valence-corrected chi connectivity index (χ3v) is 4.29. The number of rotatable bonds is 2. The number of carbonyl (C=O) groups excluding carboxylic acids is 1. The zero-order valence-electron chi connectivity index (χ0n) is 13.6. The van der Waals surface area contributed by atoms with E-state index in [2.05, 4.69) is 10.3 Å². The second-order valence-corrected chi connectivity index (χ2v) is 5.76. The second kappa shape index (κ2) is 5.94. The van der Waals surface area contributed by atoms with Crippen LogP contribution in [-0.4, -0.2) is 25.5 Å². The normalized spacial score (nSPS) is 20.2. The molecule has 0 radical (unpaired) electrons. The number of dihydropyridines is 1. The highest BCUT2D eigenvalue weighted by Gasteiger charge is 2.43. The van der Waals surface area contributed by atoms with E-state index in [1.165, 1.54) is 25.3 Å². The summed E-state index contributed by atoms with van der Waals surface area (Å²) in [6.45, 7) is 1.85. The van der Waals surface area contributed by atoms with Gasteiger partial charge in [-0.2, -0.15) is 13.2 Å². The Morgan fingerprint density at radius 2 is 2.04 bits per heavy atom. The Morgan fingerprint density at radius 1 is 1.36 bits per heavy atom. The van der Waals surface area contributed by atoms with Crippen LogP contribution >= 0.6 is 0 Å². The van der Waals surface area contributed by atoms with Crippen molar-refractivity contribution in [3.63, 3.8) is 0 Å². The van der Waals surface area contributed by atoms with Gasteiger partial charge in [-0.15, -0.1) is 0 Å². The molecular weight excluding hydrogens is 335 g/mol. The minimum atomic E-state index is -4.57. The molecule has 0 fully saturated rings. The first-order chi connectivity index (χ1) is 11.8. The molecule has 0 saturated carbocycles. The smallest absolute Gasteiger partial charge is 0.416 e. The molecule has 2 aliphatic rings. The molecule has 3 rings (SSSR count). The minimum Gasteiger partial charge on any atom is -0.481 e. The van der Waals surface area contributed by atoms with Gasteiger partial charge in [-0.05, 0) is 18.6 Å². The third kappa shape index (κ3) is 2.77. The van der Waals surface area contributed by atoms with Gasteiger partial charge in [-0.1, -0.05) is 18.2 Å². The molecule has 1 aromatic carbocycles. The first kappa shape index (κ1) is 17.1. The number of carbonyl (C=O) groups is 1. The van der Waals surface area contributed by atoms with Gasteiger partial charge in [-0.25, -0.2) is 4.99 Å². The van der Waals surface area contributed by atoms with Gasteiger partial charge < -0.3 is 15.8 Å². The highest BCUT2D eigenvalue weighted by molar-refractivity contribution is 6.04. The van der Waals surface area contributed by atoms with Crippen molar-refractivity contribution in [2.24, 2.45) is 10.7 Å². The molecule has 2 heterocycles. The van der Waals surface area contributed by atoms with Gasteiger partial charge in [0.15, 0.2) is 0 Å². The van der Waals surface area contributed by atoms with Crippen molar-refractivity contribution in [1.82, 2.24) is 5.32 Å². The fraction of sp³-hybridized carbons (Fsp3) is 0.294. The van der Waals surface area contributed by atoms with Crippen molar-refractivity contribution in [3.05, 3.63) is 57.9 Å². The number of hydrogen-bond donors (Lipinski definition) is 2. The number of halogens is 3. The monoisotopic (exact) mass is 351 g/mol. The Hall–Kier alpha value is -2.77. The van der Waals surface area contributed by atoms with Crippen LogP contribution < -0.4 is 11.1 Å².